The molecule has 0 aromatic heterocycles. The molecular weight excluding hydrogens is 244 g/mol. The van der Waals surface area contributed by atoms with Crippen molar-refractivity contribution in [1.29, 1.82) is 0 Å². The van der Waals surface area contributed by atoms with Crippen LogP contribution < -0.4 is 0 Å². The molecule has 1 aliphatic rings. The maximum atomic E-state index is 13.4. The van der Waals surface area contributed by atoms with E-state index < -0.39 is 29.7 Å². The smallest absolute Gasteiger partial charge is 0.227 e. The summed E-state index contributed by atoms with van der Waals surface area (Å²) in [5.74, 6) is -2.48. The molecule has 1 fully saturated rings. The van der Waals surface area contributed by atoms with Gasteiger partial charge in [0.05, 0.1) is 18.6 Å². The van der Waals surface area contributed by atoms with Crippen LogP contribution in [0.4, 0.5) is 8.78 Å². The Hall–Kier alpha value is -1.53. The fourth-order valence-corrected chi connectivity index (χ4v) is 1.93. The molecule has 1 heterocycles. The monoisotopic (exact) mass is 257 g/mol. The summed E-state index contributed by atoms with van der Waals surface area (Å²) in [6.07, 6.45) is -2.25. The summed E-state index contributed by atoms with van der Waals surface area (Å²) in [5, 5.41) is 18.6. The van der Waals surface area contributed by atoms with E-state index in [9.17, 15) is 23.8 Å². The number of halogens is 2. The number of β-amino-alcohol motifs (C(OH)–C–C–N with tert-alkyl or cyclic N) is 2. The van der Waals surface area contributed by atoms with Crippen molar-refractivity contribution in [2.45, 2.75) is 18.6 Å². The molecule has 2 atom stereocenters. The zero-order chi connectivity index (χ0) is 13.3. The summed E-state index contributed by atoms with van der Waals surface area (Å²) < 4.78 is 26.3. The number of nitrogens with zero attached hydrogens (tertiary/aromatic N) is 1. The van der Waals surface area contributed by atoms with Crippen molar-refractivity contribution in [3.63, 3.8) is 0 Å². The van der Waals surface area contributed by atoms with Crippen molar-refractivity contribution in [3.05, 3.63) is 35.4 Å². The Morgan fingerprint density at radius 2 is 1.89 bits per heavy atom. The molecule has 1 saturated heterocycles. The third-order valence-electron chi connectivity index (χ3n) is 2.98. The highest BCUT2D eigenvalue weighted by Gasteiger charge is 2.32. The number of rotatable bonds is 2. The van der Waals surface area contributed by atoms with Gasteiger partial charge in [-0.15, -0.1) is 0 Å². The molecule has 1 amide bonds. The Morgan fingerprint density at radius 1 is 1.28 bits per heavy atom. The fourth-order valence-electron chi connectivity index (χ4n) is 1.93. The van der Waals surface area contributed by atoms with Crippen molar-refractivity contribution in [3.8, 4) is 0 Å². The second kappa shape index (κ2) is 4.99. The maximum Gasteiger partial charge on any atom is 0.227 e. The van der Waals surface area contributed by atoms with E-state index in [0.717, 1.165) is 6.07 Å². The standard InChI is InChI=1S/C12H13F2NO3/c13-8-3-1-2-7(12(8)14)4-11(18)15-5-9(16)10(17)6-15/h1-3,9-10,16-17H,4-6H2/t9-,10+. The minimum atomic E-state index is -1.04. The van der Waals surface area contributed by atoms with E-state index >= 15 is 0 Å². The van der Waals surface area contributed by atoms with Gasteiger partial charge in [-0.2, -0.15) is 0 Å². The van der Waals surface area contributed by atoms with Gasteiger partial charge in [-0.1, -0.05) is 12.1 Å². The van der Waals surface area contributed by atoms with Gasteiger partial charge in [0.2, 0.25) is 5.91 Å². The highest BCUT2D eigenvalue weighted by molar-refractivity contribution is 5.79. The molecule has 98 valence electrons. The lowest BCUT2D eigenvalue weighted by Gasteiger charge is -2.15. The average Bonchev–Trinajstić information content (AvgIpc) is 2.66. The van der Waals surface area contributed by atoms with Crippen LogP contribution in [0.25, 0.3) is 0 Å². The summed E-state index contributed by atoms with van der Waals surface area (Å²) in [4.78, 5) is 13.0. The average molecular weight is 257 g/mol. The van der Waals surface area contributed by atoms with Crippen LogP contribution >= 0.6 is 0 Å². The third kappa shape index (κ3) is 2.49. The minimum Gasteiger partial charge on any atom is -0.388 e. The van der Waals surface area contributed by atoms with Crippen LogP contribution in [0.15, 0.2) is 18.2 Å². The number of aliphatic hydroxyl groups excluding tert-OH is 2. The zero-order valence-electron chi connectivity index (χ0n) is 9.51. The minimum absolute atomic E-state index is 0.0108. The lowest BCUT2D eigenvalue weighted by Crippen LogP contribution is -2.31. The second-order valence-electron chi connectivity index (χ2n) is 4.32. The molecule has 0 spiro atoms. The Balaban J connectivity index is 2.06. The molecule has 18 heavy (non-hydrogen) atoms. The Labute approximate surface area is 102 Å². The third-order valence-corrected chi connectivity index (χ3v) is 2.98. The number of amides is 1. The van der Waals surface area contributed by atoms with E-state index in [1.807, 2.05) is 0 Å². The molecule has 6 heteroatoms. The second-order valence-corrected chi connectivity index (χ2v) is 4.32. The first kappa shape index (κ1) is 12.9. The molecule has 0 bridgehead atoms. The van der Waals surface area contributed by atoms with Gasteiger partial charge >= 0.3 is 0 Å². The first-order valence-corrected chi connectivity index (χ1v) is 5.56. The topological polar surface area (TPSA) is 60.8 Å². The highest BCUT2D eigenvalue weighted by atomic mass is 19.2. The summed E-state index contributed by atoms with van der Waals surface area (Å²) in [5.41, 5.74) is -0.0316. The molecule has 1 aromatic rings. The van der Waals surface area contributed by atoms with E-state index in [-0.39, 0.29) is 25.1 Å². The lowest BCUT2D eigenvalue weighted by atomic mass is 10.1. The van der Waals surface area contributed by atoms with Gasteiger partial charge in [0.25, 0.3) is 0 Å². The predicted molar refractivity (Wildman–Crippen MR) is 58.7 cm³/mol. The number of hydrogen-bond donors (Lipinski definition) is 2. The van der Waals surface area contributed by atoms with Crippen LogP contribution in [-0.4, -0.2) is 46.3 Å². The molecule has 2 N–H and O–H groups in total. The highest BCUT2D eigenvalue weighted by Crippen LogP contribution is 2.15. The summed E-state index contributed by atoms with van der Waals surface area (Å²) in [6.45, 7) is 0.0217. The number of benzene rings is 1. The van der Waals surface area contributed by atoms with Crippen LogP contribution in [0.3, 0.4) is 0 Å². The molecule has 0 unspecified atom stereocenters. The number of hydrogen-bond acceptors (Lipinski definition) is 3. The van der Waals surface area contributed by atoms with Crippen molar-refractivity contribution in [2.75, 3.05) is 13.1 Å². The normalized spacial score (nSPS) is 23.4. The van der Waals surface area contributed by atoms with Crippen molar-refractivity contribution < 1.29 is 23.8 Å². The van der Waals surface area contributed by atoms with Gasteiger partial charge in [0, 0.05) is 18.7 Å². The largest absolute Gasteiger partial charge is 0.388 e. The summed E-state index contributed by atoms with van der Waals surface area (Å²) in [7, 11) is 0. The molecular formula is C12H13F2NO3. The van der Waals surface area contributed by atoms with Gasteiger partial charge in [0.15, 0.2) is 11.6 Å². The molecule has 1 aromatic carbocycles. The number of aliphatic hydroxyl groups is 2. The van der Waals surface area contributed by atoms with Crippen LogP contribution in [0.2, 0.25) is 0 Å². The van der Waals surface area contributed by atoms with Crippen LogP contribution in [0, 0.1) is 11.6 Å². The molecule has 0 saturated carbocycles. The Kier molecular flexibility index (Phi) is 3.58. The van der Waals surface area contributed by atoms with Crippen molar-refractivity contribution >= 4 is 5.91 Å². The molecule has 0 aliphatic carbocycles. The van der Waals surface area contributed by atoms with Crippen LogP contribution in [0.5, 0.6) is 0 Å². The maximum absolute atomic E-state index is 13.4. The number of carbonyl (C=O) groups excluding carboxylic acids is 1. The zero-order valence-corrected chi connectivity index (χ0v) is 9.51. The Bertz CT molecular complexity index is 457. The van der Waals surface area contributed by atoms with Crippen LogP contribution in [0.1, 0.15) is 5.56 Å². The Morgan fingerprint density at radius 3 is 2.50 bits per heavy atom. The van der Waals surface area contributed by atoms with Gasteiger partial charge < -0.3 is 15.1 Å². The van der Waals surface area contributed by atoms with E-state index in [2.05, 4.69) is 0 Å². The van der Waals surface area contributed by atoms with Crippen molar-refractivity contribution in [2.24, 2.45) is 0 Å². The molecule has 2 rings (SSSR count). The lowest BCUT2D eigenvalue weighted by molar-refractivity contribution is -0.130. The van der Waals surface area contributed by atoms with Gasteiger partial charge in [-0.25, -0.2) is 8.78 Å². The van der Waals surface area contributed by atoms with E-state index in [0.29, 0.717) is 0 Å². The molecule has 1 aliphatic heterocycles. The van der Waals surface area contributed by atoms with Crippen molar-refractivity contribution in [1.82, 2.24) is 4.90 Å². The first-order valence-electron chi connectivity index (χ1n) is 5.56. The fraction of sp³-hybridized carbons (Fsp3) is 0.417. The van der Waals surface area contributed by atoms with E-state index in [1.165, 1.54) is 17.0 Å². The molecule has 4 nitrogen and oxygen atoms in total. The number of likely N-dealkylation sites (tertiary alicyclic amines) is 1. The van der Waals surface area contributed by atoms with Gasteiger partial charge in [-0.05, 0) is 6.07 Å². The first-order chi connectivity index (χ1) is 8.49. The summed E-state index contributed by atoms with van der Waals surface area (Å²) in [6, 6.07) is 3.64. The SMILES string of the molecule is O=C(Cc1cccc(F)c1F)N1C[C@@H](O)[C@@H](O)C1. The molecule has 0 radical (unpaired) electrons. The predicted octanol–water partition coefficient (Wildman–Crippen LogP) is 0.0713. The van der Waals surface area contributed by atoms with Crippen LogP contribution in [-0.2, 0) is 11.2 Å². The van der Waals surface area contributed by atoms with E-state index in [4.69, 9.17) is 0 Å². The summed E-state index contributed by atoms with van der Waals surface area (Å²) >= 11 is 0. The number of carbonyl (C=O) groups is 1. The quantitative estimate of drug-likeness (QED) is 0.788. The van der Waals surface area contributed by atoms with Gasteiger partial charge in [0.1, 0.15) is 0 Å². The van der Waals surface area contributed by atoms with Gasteiger partial charge in [-0.3, -0.25) is 4.79 Å². The van der Waals surface area contributed by atoms with E-state index in [1.54, 1.807) is 0 Å².